The van der Waals surface area contributed by atoms with Crippen molar-refractivity contribution in [3.63, 3.8) is 0 Å². The minimum Gasteiger partial charge on any atom is -0.462 e. The molecular formula is C81H158O17P2. The number of esters is 4. The van der Waals surface area contributed by atoms with E-state index in [1.165, 1.54) is 250 Å². The van der Waals surface area contributed by atoms with Crippen molar-refractivity contribution in [2.75, 3.05) is 39.6 Å². The Balaban J connectivity index is 5.08. The van der Waals surface area contributed by atoms with Crippen LogP contribution in [0.1, 0.15) is 433 Å². The molecule has 2 unspecified atom stereocenters. The fourth-order valence-electron chi connectivity index (χ4n) is 12.6. The lowest BCUT2D eigenvalue weighted by atomic mass is 10.0. The molecule has 0 spiro atoms. The van der Waals surface area contributed by atoms with Gasteiger partial charge in [0.2, 0.25) is 0 Å². The number of aliphatic hydroxyl groups excluding tert-OH is 1. The lowest BCUT2D eigenvalue weighted by Crippen LogP contribution is -2.30. The van der Waals surface area contributed by atoms with E-state index in [1.807, 2.05) is 0 Å². The lowest BCUT2D eigenvalue weighted by Gasteiger charge is -2.21. The van der Waals surface area contributed by atoms with Crippen molar-refractivity contribution in [1.82, 2.24) is 0 Å². The highest BCUT2D eigenvalue weighted by Gasteiger charge is 2.30. The molecule has 594 valence electrons. The monoisotopic (exact) mass is 1470 g/mol. The van der Waals surface area contributed by atoms with Crippen LogP contribution in [-0.4, -0.2) is 96.7 Å². The quantitative estimate of drug-likeness (QED) is 0.0222. The summed E-state index contributed by atoms with van der Waals surface area (Å²) in [6.07, 6.45) is 66.1. The van der Waals surface area contributed by atoms with E-state index in [2.05, 4.69) is 34.6 Å². The predicted octanol–water partition coefficient (Wildman–Crippen LogP) is 24.4. The molecule has 0 aliphatic rings. The van der Waals surface area contributed by atoms with E-state index in [1.54, 1.807) is 0 Å². The molecule has 0 radical (unpaired) electrons. The van der Waals surface area contributed by atoms with Gasteiger partial charge in [0.05, 0.1) is 26.4 Å². The smallest absolute Gasteiger partial charge is 0.462 e. The van der Waals surface area contributed by atoms with Crippen molar-refractivity contribution in [3.05, 3.63) is 0 Å². The fraction of sp³-hybridized carbons (Fsp3) is 0.951. The molecule has 0 fully saturated rings. The Bertz CT molecular complexity index is 1910. The van der Waals surface area contributed by atoms with Gasteiger partial charge < -0.3 is 33.8 Å². The van der Waals surface area contributed by atoms with Crippen molar-refractivity contribution < 1.29 is 80.2 Å². The van der Waals surface area contributed by atoms with Crippen LogP contribution in [-0.2, 0) is 65.4 Å². The fourth-order valence-corrected chi connectivity index (χ4v) is 14.2. The van der Waals surface area contributed by atoms with Crippen LogP contribution in [0, 0.1) is 5.92 Å². The maximum Gasteiger partial charge on any atom is 0.472 e. The van der Waals surface area contributed by atoms with Crippen LogP contribution in [0.4, 0.5) is 0 Å². The third kappa shape index (κ3) is 74.3. The number of ether oxygens (including phenoxy) is 4. The van der Waals surface area contributed by atoms with E-state index in [4.69, 9.17) is 37.0 Å². The van der Waals surface area contributed by atoms with Crippen LogP contribution in [0.15, 0.2) is 0 Å². The first-order valence-corrected chi connectivity index (χ1v) is 45.1. The van der Waals surface area contributed by atoms with Crippen molar-refractivity contribution in [2.45, 2.75) is 451 Å². The average Bonchev–Trinajstić information content (AvgIpc) is 0.942. The summed E-state index contributed by atoms with van der Waals surface area (Å²) >= 11 is 0. The molecule has 0 saturated heterocycles. The van der Waals surface area contributed by atoms with Gasteiger partial charge in [-0.25, -0.2) is 9.13 Å². The van der Waals surface area contributed by atoms with Crippen molar-refractivity contribution in [3.8, 4) is 0 Å². The van der Waals surface area contributed by atoms with Gasteiger partial charge in [-0.05, 0) is 31.6 Å². The number of rotatable bonds is 81. The maximum atomic E-state index is 13.1. The second-order valence-electron chi connectivity index (χ2n) is 29.6. The van der Waals surface area contributed by atoms with Crippen LogP contribution >= 0.6 is 15.6 Å². The normalized spacial score (nSPS) is 13.8. The van der Waals surface area contributed by atoms with Gasteiger partial charge in [0.15, 0.2) is 12.2 Å². The maximum absolute atomic E-state index is 13.1. The number of phosphoric ester groups is 2. The van der Waals surface area contributed by atoms with E-state index in [0.29, 0.717) is 25.7 Å². The highest BCUT2D eigenvalue weighted by molar-refractivity contribution is 7.47. The standard InChI is InChI=1S/C81H158O17P2/c1-6-9-12-15-17-19-21-23-25-27-29-31-33-35-37-39-41-43-45-50-55-60-65-79(84)92-71-77(98-80(85)66-61-56-51-46-44-42-40-38-36-34-32-30-28-26-24-22-20-18-16-13-10-7-2)73-96-100(89,90)94-69-75(82)68-93-99(87,88)95-72-76(70-91-78(83)64-59-53-14-11-8-3)97-81(86)67-62-57-52-48-47-49-54-58-63-74(4)5/h74-77,82H,6-73H2,1-5H3,(H,87,88)(H,89,90)/t75-,76+,77+/m0/s1. The second kappa shape index (κ2) is 73.9. The molecule has 3 N–H and O–H groups in total. The summed E-state index contributed by atoms with van der Waals surface area (Å²) in [6.45, 7) is 7.17. The summed E-state index contributed by atoms with van der Waals surface area (Å²) in [4.78, 5) is 72.6. The van der Waals surface area contributed by atoms with Gasteiger partial charge in [0.25, 0.3) is 0 Å². The lowest BCUT2D eigenvalue weighted by molar-refractivity contribution is -0.161. The van der Waals surface area contributed by atoms with Gasteiger partial charge in [0.1, 0.15) is 19.3 Å². The molecule has 100 heavy (non-hydrogen) atoms. The summed E-state index contributed by atoms with van der Waals surface area (Å²) in [7, 11) is -9.90. The minimum absolute atomic E-state index is 0.104. The summed E-state index contributed by atoms with van der Waals surface area (Å²) in [5, 5.41) is 10.6. The molecule has 0 aliphatic carbocycles. The minimum atomic E-state index is -4.96. The third-order valence-corrected chi connectivity index (χ3v) is 20.9. The molecule has 0 heterocycles. The molecule has 0 aliphatic heterocycles. The molecule has 0 amide bonds. The van der Waals surface area contributed by atoms with Gasteiger partial charge in [-0.2, -0.15) is 0 Å². The largest absolute Gasteiger partial charge is 0.472 e. The summed E-state index contributed by atoms with van der Waals surface area (Å²) in [5.74, 6) is -1.41. The Morgan fingerprint density at radius 3 is 0.680 bits per heavy atom. The number of unbranched alkanes of at least 4 members (excludes halogenated alkanes) is 53. The first-order valence-electron chi connectivity index (χ1n) is 42.1. The zero-order valence-corrected chi connectivity index (χ0v) is 67.1. The summed E-state index contributed by atoms with van der Waals surface area (Å²) in [5.41, 5.74) is 0. The van der Waals surface area contributed by atoms with Crippen LogP contribution < -0.4 is 0 Å². The van der Waals surface area contributed by atoms with Crippen molar-refractivity contribution in [1.29, 1.82) is 0 Å². The molecule has 17 nitrogen and oxygen atoms in total. The Kier molecular flexibility index (Phi) is 72.5. The Labute approximate surface area is 613 Å². The molecule has 19 heteroatoms. The number of hydrogen-bond acceptors (Lipinski definition) is 15. The van der Waals surface area contributed by atoms with E-state index in [9.17, 15) is 43.2 Å². The van der Waals surface area contributed by atoms with Crippen LogP contribution in [0.25, 0.3) is 0 Å². The summed E-state index contributed by atoms with van der Waals surface area (Å²) in [6, 6.07) is 0. The highest BCUT2D eigenvalue weighted by atomic mass is 31.2. The number of aliphatic hydroxyl groups is 1. The molecule has 0 rings (SSSR count). The Hall–Kier alpha value is -1.94. The topological polar surface area (TPSA) is 237 Å². The molecular weight excluding hydrogens is 1310 g/mol. The zero-order valence-electron chi connectivity index (χ0n) is 65.3. The zero-order chi connectivity index (χ0) is 73.4. The molecule has 0 aromatic rings. The third-order valence-electron chi connectivity index (χ3n) is 19.0. The van der Waals surface area contributed by atoms with Crippen LogP contribution in [0.5, 0.6) is 0 Å². The first kappa shape index (κ1) is 98.1. The van der Waals surface area contributed by atoms with Crippen LogP contribution in [0.3, 0.4) is 0 Å². The van der Waals surface area contributed by atoms with Gasteiger partial charge in [-0.3, -0.25) is 37.3 Å². The van der Waals surface area contributed by atoms with Gasteiger partial charge in [0, 0.05) is 25.7 Å². The van der Waals surface area contributed by atoms with E-state index in [-0.39, 0.29) is 25.7 Å². The molecule has 0 aromatic carbocycles. The number of hydrogen-bond donors (Lipinski definition) is 3. The summed E-state index contributed by atoms with van der Waals surface area (Å²) < 4.78 is 68.4. The van der Waals surface area contributed by atoms with Gasteiger partial charge >= 0.3 is 39.5 Å². The second-order valence-corrected chi connectivity index (χ2v) is 32.5. The predicted molar refractivity (Wildman–Crippen MR) is 409 cm³/mol. The highest BCUT2D eigenvalue weighted by Crippen LogP contribution is 2.45. The molecule has 0 aromatic heterocycles. The van der Waals surface area contributed by atoms with Gasteiger partial charge in [-0.1, -0.05) is 381 Å². The average molecular weight is 1470 g/mol. The van der Waals surface area contributed by atoms with Gasteiger partial charge in [-0.15, -0.1) is 0 Å². The number of carbonyl (C=O) groups excluding carboxylic acids is 4. The van der Waals surface area contributed by atoms with Crippen LogP contribution in [0.2, 0.25) is 0 Å². The number of carbonyl (C=O) groups is 4. The first-order chi connectivity index (χ1) is 48.5. The molecule has 0 saturated carbocycles. The number of phosphoric acid groups is 2. The Morgan fingerprint density at radius 2 is 0.460 bits per heavy atom. The van der Waals surface area contributed by atoms with Crippen molar-refractivity contribution in [2.24, 2.45) is 5.92 Å². The molecule has 0 bridgehead atoms. The van der Waals surface area contributed by atoms with Crippen molar-refractivity contribution >= 4 is 39.5 Å². The van der Waals surface area contributed by atoms with E-state index in [0.717, 1.165) is 102 Å². The Morgan fingerprint density at radius 1 is 0.270 bits per heavy atom. The van der Waals surface area contributed by atoms with E-state index < -0.39 is 97.5 Å². The SMILES string of the molecule is CCCCCCCCCCCCCCCCCCCCCCCCC(=O)OC[C@H](COP(=O)(O)OC[C@@H](O)COP(=O)(O)OC[C@@H](COC(=O)CCCCCCC)OC(=O)CCCCCCCCCCC(C)C)OC(=O)CCCCCCCCCCCCCCCCCCCCCCCC. The van der Waals surface area contributed by atoms with E-state index >= 15 is 0 Å². The molecule has 5 atom stereocenters.